The lowest BCUT2D eigenvalue weighted by Crippen LogP contribution is -2.14. The number of tetrazole rings is 1. The highest BCUT2D eigenvalue weighted by Crippen LogP contribution is 2.39. The van der Waals surface area contributed by atoms with Gasteiger partial charge in [-0.25, -0.2) is 4.68 Å². The molecular weight excluding hydrogens is 297 g/mol. The summed E-state index contributed by atoms with van der Waals surface area (Å²) in [5.41, 5.74) is 7.07. The van der Waals surface area contributed by atoms with Gasteiger partial charge in [0.2, 0.25) is 0 Å². The number of hydrogen-bond donors (Lipinski definition) is 1. The maximum Gasteiger partial charge on any atom is 0.183 e. The molecule has 0 spiro atoms. The maximum absolute atomic E-state index is 6.28. The average Bonchev–Trinajstić information content (AvgIpc) is 3.01. The molecule has 1 aliphatic rings. The van der Waals surface area contributed by atoms with E-state index in [1.807, 2.05) is 4.68 Å². The summed E-state index contributed by atoms with van der Waals surface area (Å²) in [7, 11) is 0. The van der Waals surface area contributed by atoms with Gasteiger partial charge in [-0.1, -0.05) is 36.5 Å². The number of hydrogen-bond acceptors (Lipinski definition) is 4. The zero-order valence-electron chi connectivity index (χ0n) is 11.1. The first-order valence-electron chi connectivity index (χ1n) is 6.60. The summed E-state index contributed by atoms with van der Waals surface area (Å²) in [6, 6.07) is 3.69. The molecule has 2 aromatic rings. The molecule has 1 saturated carbocycles. The molecule has 3 rings (SSSR count). The third-order valence-corrected chi connectivity index (χ3v) is 4.72. The lowest BCUT2D eigenvalue weighted by molar-refractivity contribution is 0.370. The van der Waals surface area contributed by atoms with E-state index in [1.165, 1.54) is 12.8 Å². The number of nitrogens with zero attached hydrogens (tertiary/aromatic N) is 4. The number of nitrogens with two attached hydrogens (primary N) is 1. The molecule has 0 aliphatic heterocycles. The third-order valence-electron chi connectivity index (χ3n) is 3.91. The fourth-order valence-electron chi connectivity index (χ4n) is 2.86. The smallest absolute Gasteiger partial charge is 0.183 e. The molecule has 1 fully saturated rings. The molecule has 1 aliphatic carbocycles. The van der Waals surface area contributed by atoms with Crippen LogP contribution in [0, 0.1) is 5.92 Å². The Balaban J connectivity index is 2.10. The van der Waals surface area contributed by atoms with Crippen molar-refractivity contribution in [3.63, 3.8) is 0 Å². The van der Waals surface area contributed by atoms with Gasteiger partial charge >= 0.3 is 0 Å². The van der Waals surface area contributed by atoms with Crippen molar-refractivity contribution in [3.8, 4) is 11.4 Å². The van der Waals surface area contributed by atoms with Gasteiger partial charge < -0.3 is 5.73 Å². The lowest BCUT2D eigenvalue weighted by atomic mass is 10.1. The number of benzene rings is 1. The maximum atomic E-state index is 6.28. The van der Waals surface area contributed by atoms with Crippen LogP contribution in [0.5, 0.6) is 0 Å². The summed E-state index contributed by atoms with van der Waals surface area (Å²) in [5, 5.41) is 12.9. The summed E-state index contributed by atoms with van der Waals surface area (Å²) < 4.78 is 1.86. The number of anilines is 1. The fourth-order valence-corrected chi connectivity index (χ4v) is 3.28. The van der Waals surface area contributed by atoms with Crippen molar-refractivity contribution in [1.82, 2.24) is 20.2 Å². The predicted octanol–water partition coefficient (Wildman–Crippen LogP) is 3.59. The van der Waals surface area contributed by atoms with Crippen molar-refractivity contribution in [1.29, 1.82) is 0 Å². The van der Waals surface area contributed by atoms with Crippen LogP contribution < -0.4 is 5.73 Å². The van der Waals surface area contributed by atoms with Crippen LogP contribution in [0.2, 0.25) is 10.0 Å². The van der Waals surface area contributed by atoms with E-state index >= 15 is 0 Å². The van der Waals surface area contributed by atoms with Crippen LogP contribution in [-0.4, -0.2) is 20.2 Å². The zero-order valence-corrected chi connectivity index (χ0v) is 12.6. The number of rotatable bonds is 2. The molecular formula is C13H15Cl2N5. The molecule has 1 aromatic carbocycles. The summed E-state index contributed by atoms with van der Waals surface area (Å²) in [4.78, 5) is 0. The van der Waals surface area contributed by atoms with Gasteiger partial charge in [-0.2, -0.15) is 0 Å². The van der Waals surface area contributed by atoms with E-state index in [0.717, 1.165) is 6.42 Å². The largest absolute Gasteiger partial charge is 0.399 e. The van der Waals surface area contributed by atoms with E-state index < -0.39 is 0 Å². The van der Waals surface area contributed by atoms with E-state index in [9.17, 15) is 0 Å². The van der Waals surface area contributed by atoms with E-state index in [1.54, 1.807) is 12.1 Å². The predicted molar refractivity (Wildman–Crippen MR) is 79.7 cm³/mol. The monoisotopic (exact) mass is 311 g/mol. The Morgan fingerprint density at radius 2 is 2.10 bits per heavy atom. The number of aromatic nitrogens is 4. The van der Waals surface area contributed by atoms with Crippen LogP contribution in [0.4, 0.5) is 5.69 Å². The quantitative estimate of drug-likeness (QED) is 0.860. The first-order valence-corrected chi connectivity index (χ1v) is 7.36. The SMILES string of the molecule is CC1CCCC1n1nnnc1-c1cc(N)cc(Cl)c1Cl. The molecule has 1 aromatic heterocycles. The van der Waals surface area contributed by atoms with E-state index in [2.05, 4.69) is 22.4 Å². The van der Waals surface area contributed by atoms with Gasteiger partial charge in [0.05, 0.1) is 16.1 Å². The van der Waals surface area contributed by atoms with Crippen LogP contribution in [-0.2, 0) is 0 Å². The van der Waals surface area contributed by atoms with Crippen molar-refractivity contribution in [2.45, 2.75) is 32.2 Å². The van der Waals surface area contributed by atoms with Crippen LogP contribution in [0.3, 0.4) is 0 Å². The second-order valence-corrected chi connectivity index (χ2v) is 6.07. The average molecular weight is 312 g/mol. The minimum absolute atomic E-state index is 0.302. The first kappa shape index (κ1) is 13.6. The number of nitrogen functional groups attached to an aromatic ring is 1. The lowest BCUT2D eigenvalue weighted by Gasteiger charge is -2.17. The zero-order chi connectivity index (χ0) is 14.3. The molecule has 7 heteroatoms. The molecule has 5 nitrogen and oxygen atoms in total. The third kappa shape index (κ3) is 2.25. The van der Waals surface area contributed by atoms with Crippen molar-refractivity contribution < 1.29 is 0 Å². The Bertz CT molecular complexity index is 640. The first-order chi connectivity index (χ1) is 9.58. The molecule has 2 atom stereocenters. The van der Waals surface area contributed by atoms with Crippen LogP contribution in [0.15, 0.2) is 12.1 Å². The highest BCUT2D eigenvalue weighted by Gasteiger charge is 2.29. The molecule has 0 amide bonds. The minimum atomic E-state index is 0.302. The Kier molecular flexibility index (Phi) is 3.56. The van der Waals surface area contributed by atoms with E-state index in [4.69, 9.17) is 28.9 Å². The van der Waals surface area contributed by atoms with Crippen LogP contribution in [0.25, 0.3) is 11.4 Å². The Morgan fingerprint density at radius 3 is 2.80 bits per heavy atom. The Morgan fingerprint density at radius 1 is 1.30 bits per heavy atom. The Hall–Kier alpha value is -1.33. The second kappa shape index (κ2) is 5.22. The number of halogens is 2. The van der Waals surface area contributed by atoms with E-state index in [0.29, 0.717) is 39.1 Å². The molecule has 2 unspecified atom stereocenters. The topological polar surface area (TPSA) is 69.6 Å². The summed E-state index contributed by atoms with van der Waals surface area (Å²) in [6.07, 6.45) is 3.46. The van der Waals surface area contributed by atoms with Crippen molar-refractivity contribution in [3.05, 3.63) is 22.2 Å². The Labute approximate surface area is 127 Å². The van der Waals surface area contributed by atoms with Gasteiger partial charge in [-0.3, -0.25) is 0 Å². The van der Waals surface area contributed by atoms with Crippen molar-refractivity contribution in [2.75, 3.05) is 5.73 Å². The molecule has 20 heavy (non-hydrogen) atoms. The summed E-state index contributed by atoms with van der Waals surface area (Å²) in [5.74, 6) is 1.18. The highest BCUT2D eigenvalue weighted by atomic mass is 35.5. The standard InChI is InChI=1S/C13H15Cl2N5/c1-7-3-2-4-11(7)20-13(17-18-19-20)9-5-8(16)6-10(14)12(9)15/h5-7,11H,2-4,16H2,1H3. The van der Waals surface area contributed by atoms with Gasteiger partial charge in [0, 0.05) is 11.3 Å². The summed E-state index contributed by atoms with van der Waals surface area (Å²) in [6.45, 7) is 2.22. The molecule has 0 radical (unpaired) electrons. The van der Waals surface area contributed by atoms with Crippen LogP contribution in [0.1, 0.15) is 32.2 Å². The van der Waals surface area contributed by atoms with E-state index in [-0.39, 0.29) is 0 Å². The molecule has 0 saturated heterocycles. The second-order valence-electron chi connectivity index (χ2n) is 5.29. The molecule has 106 valence electrons. The van der Waals surface area contributed by atoms with Gasteiger partial charge in [0.1, 0.15) is 0 Å². The van der Waals surface area contributed by atoms with Gasteiger partial charge in [0.25, 0.3) is 0 Å². The molecule has 2 N–H and O–H groups in total. The van der Waals surface area contributed by atoms with Gasteiger partial charge in [-0.15, -0.1) is 5.10 Å². The van der Waals surface area contributed by atoms with Crippen molar-refractivity contribution >= 4 is 28.9 Å². The highest BCUT2D eigenvalue weighted by molar-refractivity contribution is 6.43. The minimum Gasteiger partial charge on any atom is -0.399 e. The van der Waals surface area contributed by atoms with Crippen molar-refractivity contribution in [2.24, 2.45) is 5.92 Å². The normalized spacial score (nSPS) is 22.4. The van der Waals surface area contributed by atoms with Crippen LogP contribution >= 0.6 is 23.2 Å². The summed E-state index contributed by atoms with van der Waals surface area (Å²) >= 11 is 12.4. The van der Waals surface area contributed by atoms with Gasteiger partial charge in [0.15, 0.2) is 5.82 Å². The van der Waals surface area contributed by atoms with Gasteiger partial charge in [-0.05, 0) is 41.3 Å². The molecule has 1 heterocycles. The molecule has 0 bridgehead atoms. The fraction of sp³-hybridized carbons (Fsp3) is 0.462.